The molecule has 1 aliphatic rings. The van der Waals surface area contributed by atoms with Crippen molar-refractivity contribution < 1.29 is 28.2 Å². The average Bonchev–Trinajstić information content (AvgIpc) is 3.55. The minimum absolute atomic E-state index is 0.121. The van der Waals surface area contributed by atoms with Crippen LogP contribution in [0.2, 0.25) is 0 Å². The topological polar surface area (TPSA) is 92.6 Å². The number of nitrogens with zero attached hydrogens (tertiary/aromatic N) is 3. The molecule has 3 aromatic carbocycles. The van der Waals surface area contributed by atoms with Gasteiger partial charge in [0.25, 0.3) is 5.78 Å². The number of carbonyl (C=O) groups is 2. The smallest absolute Gasteiger partial charge is 0.301 e. The maximum absolute atomic E-state index is 14.1. The number of anilines is 1. The van der Waals surface area contributed by atoms with Gasteiger partial charge in [-0.15, -0.1) is 10.2 Å². The van der Waals surface area contributed by atoms with Gasteiger partial charge in [-0.25, -0.2) is 8.78 Å². The minimum Gasteiger partial charge on any atom is -0.507 e. The highest BCUT2D eigenvalue weighted by Gasteiger charge is 2.48. The number of halogens is 2. The summed E-state index contributed by atoms with van der Waals surface area (Å²) in [4.78, 5) is 27.9. The Morgan fingerprint density at radius 2 is 1.76 bits per heavy atom. The molecule has 1 aliphatic heterocycles. The number of ketones is 1. The maximum Gasteiger partial charge on any atom is 0.301 e. The van der Waals surface area contributed by atoms with E-state index >= 15 is 0 Å². The number of amides is 1. The van der Waals surface area contributed by atoms with E-state index in [1.165, 1.54) is 42.1 Å². The van der Waals surface area contributed by atoms with Crippen LogP contribution in [-0.2, 0) is 15.3 Å². The zero-order valence-electron chi connectivity index (χ0n) is 21.9. The normalized spacial score (nSPS) is 16.4. The summed E-state index contributed by atoms with van der Waals surface area (Å²) in [5, 5.41) is 19.7. The van der Waals surface area contributed by atoms with Crippen LogP contribution in [0, 0.1) is 11.6 Å². The summed E-state index contributed by atoms with van der Waals surface area (Å²) in [5.74, 6) is -2.11. The molecule has 1 aromatic heterocycles. The lowest BCUT2D eigenvalue weighted by molar-refractivity contribution is -0.132. The quantitative estimate of drug-likeness (QED) is 0.0533. The Bertz CT molecular complexity index is 1590. The molecule has 1 fully saturated rings. The first-order chi connectivity index (χ1) is 19.9. The van der Waals surface area contributed by atoms with E-state index in [9.17, 15) is 23.5 Å². The Labute approximate surface area is 243 Å². The molecule has 1 atom stereocenters. The lowest BCUT2D eigenvalue weighted by atomic mass is 9.95. The molecule has 1 saturated heterocycles. The molecule has 1 N–H and O–H groups in total. The molecular weight excluding hydrogens is 568 g/mol. The second kappa shape index (κ2) is 12.6. The summed E-state index contributed by atoms with van der Waals surface area (Å²) >= 11 is 2.30. The number of benzene rings is 3. The van der Waals surface area contributed by atoms with Crippen molar-refractivity contribution in [2.24, 2.45) is 0 Å². The second-order valence-electron chi connectivity index (χ2n) is 9.18. The zero-order chi connectivity index (χ0) is 28.9. The van der Waals surface area contributed by atoms with Crippen molar-refractivity contribution in [3.63, 3.8) is 0 Å². The summed E-state index contributed by atoms with van der Waals surface area (Å²) in [6, 6.07) is 17.2. The summed E-state index contributed by atoms with van der Waals surface area (Å²) in [6.07, 6.45) is 1.89. The molecule has 0 spiro atoms. The molecule has 0 aliphatic carbocycles. The predicted molar refractivity (Wildman–Crippen MR) is 154 cm³/mol. The number of hydrogen-bond donors (Lipinski definition) is 1. The largest absolute Gasteiger partial charge is 0.507 e. The molecule has 0 saturated carbocycles. The monoisotopic (exact) mass is 593 g/mol. The highest BCUT2D eigenvalue weighted by atomic mass is 32.2. The summed E-state index contributed by atoms with van der Waals surface area (Å²) in [6.45, 7) is 2.62. The third kappa shape index (κ3) is 6.15. The maximum atomic E-state index is 14.1. The van der Waals surface area contributed by atoms with Gasteiger partial charge in [-0.2, -0.15) is 0 Å². The number of thioether (sulfide) groups is 1. The molecular formula is C30H25F2N3O4S2. The van der Waals surface area contributed by atoms with Gasteiger partial charge in [-0.05, 0) is 60.0 Å². The minimum atomic E-state index is -1.08. The van der Waals surface area contributed by atoms with Crippen molar-refractivity contribution in [3.8, 4) is 5.75 Å². The summed E-state index contributed by atoms with van der Waals surface area (Å²) < 4.78 is 34.0. The number of aliphatic hydroxyl groups is 1. The lowest BCUT2D eigenvalue weighted by Crippen LogP contribution is -2.29. The van der Waals surface area contributed by atoms with Gasteiger partial charge in [0.2, 0.25) is 5.13 Å². The molecule has 11 heteroatoms. The van der Waals surface area contributed by atoms with E-state index in [2.05, 4.69) is 17.1 Å². The molecule has 0 unspecified atom stereocenters. The Morgan fingerprint density at radius 3 is 2.46 bits per heavy atom. The molecule has 41 heavy (non-hydrogen) atoms. The van der Waals surface area contributed by atoms with Crippen LogP contribution in [0.15, 0.2) is 82.7 Å². The van der Waals surface area contributed by atoms with Gasteiger partial charge in [-0.3, -0.25) is 14.5 Å². The number of Topliss-reactive ketones (excluding diaryl/α,β-unsaturated/α-hetero) is 1. The zero-order valence-corrected chi connectivity index (χ0v) is 23.6. The van der Waals surface area contributed by atoms with E-state index in [0.29, 0.717) is 39.1 Å². The first-order valence-electron chi connectivity index (χ1n) is 12.9. The van der Waals surface area contributed by atoms with Crippen LogP contribution >= 0.6 is 23.1 Å². The Morgan fingerprint density at radius 1 is 1.02 bits per heavy atom. The Hall–Kier alpha value is -4.09. The SMILES string of the molecule is CCCCOc1ccc(C(O)=C2C(=O)C(=O)N(c3nnc(SCc4ccccc4F)s3)[C@@H]2c2ccc(F)cc2)cc1. The van der Waals surface area contributed by atoms with E-state index < -0.39 is 23.5 Å². The number of unbranched alkanes of at least 4 members (excludes halogenated alkanes) is 1. The Balaban J connectivity index is 1.49. The van der Waals surface area contributed by atoms with E-state index in [0.717, 1.165) is 29.1 Å². The first-order valence-corrected chi connectivity index (χ1v) is 14.7. The number of aromatic nitrogens is 2. The standard InChI is InChI=1S/C30H25F2N3O4S2/c1-2-3-16-39-22-14-10-19(11-15-22)26(36)24-25(18-8-12-21(31)13-9-18)35(28(38)27(24)37)29-33-34-30(41-29)40-17-20-6-4-5-7-23(20)32/h4-15,25,36H,2-3,16-17H2,1H3/t25-/m1/s1. The highest BCUT2D eigenvalue weighted by Crippen LogP contribution is 2.44. The van der Waals surface area contributed by atoms with Gasteiger partial charge in [-0.1, -0.05) is 66.8 Å². The third-order valence-corrected chi connectivity index (χ3v) is 8.54. The fourth-order valence-electron chi connectivity index (χ4n) is 4.30. The van der Waals surface area contributed by atoms with Crippen LogP contribution in [0.3, 0.4) is 0 Å². The van der Waals surface area contributed by atoms with Crippen LogP contribution < -0.4 is 9.64 Å². The van der Waals surface area contributed by atoms with Crippen LogP contribution in [0.5, 0.6) is 5.75 Å². The fraction of sp³-hybridized carbons (Fsp3) is 0.200. The van der Waals surface area contributed by atoms with Crippen molar-refractivity contribution in [2.45, 2.75) is 35.9 Å². The van der Waals surface area contributed by atoms with Gasteiger partial charge in [0.1, 0.15) is 23.1 Å². The number of aliphatic hydroxyl groups excluding tert-OH is 1. The van der Waals surface area contributed by atoms with Gasteiger partial charge in [0, 0.05) is 11.3 Å². The predicted octanol–water partition coefficient (Wildman–Crippen LogP) is 6.91. The molecule has 4 aromatic rings. The van der Waals surface area contributed by atoms with Crippen LogP contribution in [0.25, 0.3) is 5.76 Å². The van der Waals surface area contributed by atoms with Crippen LogP contribution in [0.4, 0.5) is 13.9 Å². The lowest BCUT2D eigenvalue weighted by Gasteiger charge is -2.22. The van der Waals surface area contributed by atoms with E-state index in [1.807, 2.05) is 0 Å². The van der Waals surface area contributed by atoms with Crippen molar-refractivity contribution >= 4 is 45.7 Å². The second-order valence-corrected chi connectivity index (χ2v) is 11.4. The fourth-order valence-corrected chi connectivity index (χ4v) is 6.16. The number of ether oxygens (including phenoxy) is 1. The summed E-state index contributed by atoms with van der Waals surface area (Å²) in [5.41, 5.74) is 1.05. The Kier molecular flexibility index (Phi) is 8.75. The number of carbonyl (C=O) groups excluding carboxylic acids is 2. The molecule has 7 nitrogen and oxygen atoms in total. The van der Waals surface area contributed by atoms with Crippen molar-refractivity contribution in [1.82, 2.24) is 10.2 Å². The van der Waals surface area contributed by atoms with Gasteiger partial charge >= 0.3 is 5.91 Å². The van der Waals surface area contributed by atoms with Gasteiger partial charge in [0.15, 0.2) is 4.34 Å². The molecule has 1 amide bonds. The number of hydrogen-bond acceptors (Lipinski definition) is 8. The molecule has 0 bridgehead atoms. The highest BCUT2D eigenvalue weighted by molar-refractivity contribution is 8.00. The van der Waals surface area contributed by atoms with Gasteiger partial charge < -0.3 is 9.84 Å². The molecule has 2 heterocycles. The van der Waals surface area contributed by atoms with Crippen LogP contribution in [-0.4, -0.2) is 33.6 Å². The average molecular weight is 594 g/mol. The van der Waals surface area contributed by atoms with E-state index in [-0.39, 0.29) is 22.3 Å². The molecule has 210 valence electrons. The van der Waals surface area contributed by atoms with Gasteiger partial charge in [0.05, 0.1) is 18.2 Å². The van der Waals surface area contributed by atoms with Crippen LogP contribution in [0.1, 0.15) is 42.5 Å². The van der Waals surface area contributed by atoms with Crippen molar-refractivity contribution in [2.75, 3.05) is 11.5 Å². The van der Waals surface area contributed by atoms with E-state index in [4.69, 9.17) is 4.74 Å². The van der Waals surface area contributed by atoms with Crippen molar-refractivity contribution in [1.29, 1.82) is 0 Å². The number of rotatable bonds is 10. The first kappa shape index (κ1) is 28.4. The van der Waals surface area contributed by atoms with E-state index in [1.54, 1.807) is 42.5 Å². The summed E-state index contributed by atoms with van der Waals surface area (Å²) in [7, 11) is 0. The molecule has 0 radical (unpaired) electrons. The molecule has 5 rings (SSSR count). The third-order valence-electron chi connectivity index (χ3n) is 6.44. The van der Waals surface area contributed by atoms with Crippen molar-refractivity contribution in [3.05, 3.63) is 107 Å².